The summed E-state index contributed by atoms with van der Waals surface area (Å²) in [7, 11) is 1.72. The number of aliphatic hydroxyl groups is 1. The van der Waals surface area contributed by atoms with E-state index >= 15 is 0 Å². The van der Waals surface area contributed by atoms with Gasteiger partial charge in [0.15, 0.2) is 0 Å². The van der Waals surface area contributed by atoms with Crippen LogP contribution in [0.3, 0.4) is 0 Å². The first-order chi connectivity index (χ1) is 19.4. The number of nitrogens with one attached hydrogen (secondary N) is 3. The topological polar surface area (TPSA) is 124 Å². The van der Waals surface area contributed by atoms with Crippen LogP contribution in [0, 0.1) is 11.3 Å². The zero-order chi connectivity index (χ0) is 28.1. The molecule has 9 nitrogen and oxygen atoms in total. The van der Waals surface area contributed by atoms with Gasteiger partial charge in [0.05, 0.1) is 22.9 Å². The van der Waals surface area contributed by atoms with Gasteiger partial charge >= 0.3 is 0 Å². The van der Waals surface area contributed by atoms with Gasteiger partial charge in [-0.05, 0) is 85.6 Å². The largest absolute Gasteiger partial charge is 0.393 e. The average molecular weight is 535 g/mol. The fourth-order valence-electron chi connectivity index (χ4n) is 4.67. The molecular weight excluding hydrogens is 504 g/mol. The molecule has 1 fully saturated rings. The minimum atomic E-state index is -0.265. The molecule has 1 aliphatic heterocycles. The van der Waals surface area contributed by atoms with Crippen molar-refractivity contribution in [2.24, 2.45) is 0 Å². The van der Waals surface area contributed by atoms with Crippen molar-refractivity contribution in [3.05, 3.63) is 102 Å². The highest BCUT2D eigenvalue weighted by Gasteiger charge is 2.18. The summed E-state index contributed by atoms with van der Waals surface area (Å²) in [5, 5.41) is 25.6. The molecule has 2 amide bonds. The van der Waals surface area contributed by atoms with E-state index in [-0.39, 0.29) is 17.9 Å². The summed E-state index contributed by atoms with van der Waals surface area (Å²) in [6.07, 6.45) is 4.61. The number of aromatic amines is 1. The Morgan fingerprint density at radius 3 is 2.33 bits per heavy atom. The molecule has 0 atom stereocenters. The van der Waals surface area contributed by atoms with Crippen LogP contribution in [-0.2, 0) is 0 Å². The Hall–Kier alpha value is -5.07. The Bertz CT molecular complexity index is 1520. The predicted molar refractivity (Wildman–Crippen MR) is 156 cm³/mol. The molecule has 2 heterocycles. The van der Waals surface area contributed by atoms with E-state index in [9.17, 15) is 20.0 Å². The molecule has 1 aromatic heterocycles. The maximum atomic E-state index is 12.8. The molecule has 0 radical (unpaired) electrons. The zero-order valence-corrected chi connectivity index (χ0v) is 22.1. The van der Waals surface area contributed by atoms with E-state index in [2.05, 4.69) is 26.6 Å². The van der Waals surface area contributed by atoms with Crippen LogP contribution < -0.4 is 20.4 Å². The van der Waals surface area contributed by atoms with Crippen LogP contribution in [0.15, 0.2) is 85.2 Å². The molecule has 40 heavy (non-hydrogen) atoms. The van der Waals surface area contributed by atoms with E-state index in [1.165, 1.54) is 0 Å². The van der Waals surface area contributed by atoms with Crippen LogP contribution in [-0.4, -0.2) is 48.1 Å². The SMILES string of the molecule is CN(C(=O)c1cc[nH]c1)c1ccc(Nc2ccc(NC(=O)c3ccc(N4CCC(O)CC4)cc3)cc2C#N)cc1. The van der Waals surface area contributed by atoms with E-state index in [0.29, 0.717) is 28.1 Å². The summed E-state index contributed by atoms with van der Waals surface area (Å²) >= 11 is 0. The Morgan fingerprint density at radius 2 is 1.68 bits per heavy atom. The van der Waals surface area contributed by atoms with E-state index < -0.39 is 0 Å². The number of benzene rings is 3. The van der Waals surface area contributed by atoms with Crippen LogP contribution >= 0.6 is 0 Å². The van der Waals surface area contributed by atoms with Crippen molar-refractivity contribution in [1.29, 1.82) is 5.26 Å². The van der Waals surface area contributed by atoms with E-state index in [1.54, 1.807) is 60.7 Å². The van der Waals surface area contributed by atoms with E-state index in [4.69, 9.17) is 0 Å². The number of hydrogen-bond acceptors (Lipinski definition) is 6. The Balaban J connectivity index is 1.21. The number of rotatable bonds is 7. The van der Waals surface area contributed by atoms with Crippen molar-refractivity contribution in [2.75, 3.05) is 40.6 Å². The minimum absolute atomic E-state index is 0.120. The van der Waals surface area contributed by atoms with Gasteiger partial charge in [0.1, 0.15) is 6.07 Å². The number of aromatic nitrogens is 1. The standard InChI is InChI=1S/C31H30N6O3/c1-36(31(40)22-12-15-33-20-22)26-9-4-24(5-10-26)34-29-11-6-25(18-23(29)19-32)35-30(39)21-2-7-27(8-3-21)37-16-13-28(38)14-17-37/h2-12,15,18,20,28,33-34,38H,13-14,16-17H2,1H3,(H,35,39). The highest BCUT2D eigenvalue weighted by atomic mass is 16.3. The van der Waals surface area contributed by atoms with Crippen molar-refractivity contribution in [3.8, 4) is 6.07 Å². The van der Waals surface area contributed by atoms with E-state index in [0.717, 1.165) is 43.0 Å². The van der Waals surface area contributed by atoms with Crippen LogP contribution in [0.2, 0.25) is 0 Å². The van der Waals surface area contributed by atoms with Gasteiger partial charge in [-0.15, -0.1) is 0 Å². The number of carbonyl (C=O) groups is 2. The van der Waals surface area contributed by atoms with Crippen LogP contribution in [0.25, 0.3) is 0 Å². The van der Waals surface area contributed by atoms with Crippen molar-refractivity contribution < 1.29 is 14.7 Å². The van der Waals surface area contributed by atoms with Gasteiger partial charge in [-0.3, -0.25) is 9.59 Å². The van der Waals surface area contributed by atoms with Crippen LogP contribution in [0.4, 0.5) is 28.4 Å². The third-order valence-electron chi connectivity index (χ3n) is 7.04. The third-order valence-corrected chi connectivity index (χ3v) is 7.04. The number of anilines is 5. The number of nitrogens with zero attached hydrogens (tertiary/aromatic N) is 3. The molecule has 1 saturated heterocycles. The molecule has 0 bridgehead atoms. The maximum Gasteiger partial charge on any atom is 0.259 e. The zero-order valence-electron chi connectivity index (χ0n) is 22.1. The fourth-order valence-corrected chi connectivity index (χ4v) is 4.67. The molecule has 0 spiro atoms. The molecule has 0 unspecified atom stereocenters. The van der Waals surface area contributed by atoms with Gasteiger partial charge in [-0.1, -0.05) is 0 Å². The number of aliphatic hydroxyl groups excluding tert-OH is 1. The first-order valence-corrected chi connectivity index (χ1v) is 13.1. The van der Waals surface area contributed by atoms with Gasteiger partial charge < -0.3 is 30.5 Å². The fraction of sp³-hybridized carbons (Fsp3) is 0.194. The number of piperidine rings is 1. The second-order valence-electron chi connectivity index (χ2n) is 9.73. The number of amides is 2. The highest BCUT2D eigenvalue weighted by molar-refractivity contribution is 6.06. The van der Waals surface area contributed by atoms with Gasteiger partial charge in [0.2, 0.25) is 0 Å². The number of carbonyl (C=O) groups excluding carboxylic acids is 2. The highest BCUT2D eigenvalue weighted by Crippen LogP contribution is 2.27. The lowest BCUT2D eigenvalue weighted by Crippen LogP contribution is -2.35. The summed E-state index contributed by atoms with van der Waals surface area (Å²) < 4.78 is 0. The summed E-state index contributed by atoms with van der Waals surface area (Å²) in [5.74, 6) is -0.385. The van der Waals surface area contributed by atoms with Gasteiger partial charge in [-0.2, -0.15) is 5.26 Å². The Kier molecular flexibility index (Phi) is 7.80. The lowest BCUT2D eigenvalue weighted by atomic mass is 10.1. The second-order valence-corrected chi connectivity index (χ2v) is 9.73. The molecule has 3 aromatic carbocycles. The molecule has 4 N–H and O–H groups in total. The predicted octanol–water partition coefficient (Wildman–Crippen LogP) is 5.12. The minimum Gasteiger partial charge on any atom is -0.393 e. The summed E-state index contributed by atoms with van der Waals surface area (Å²) in [6, 6.07) is 23.8. The molecular formula is C31H30N6O3. The number of H-pyrrole nitrogens is 1. The average Bonchev–Trinajstić information content (AvgIpc) is 3.53. The molecule has 202 valence electrons. The molecule has 0 aliphatic carbocycles. The van der Waals surface area contributed by atoms with Crippen LogP contribution in [0.5, 0.6) is 0 Å². The molecule has 4 aromatic rings. The maximum absolute atomic E-state index is 12.8. The molecule has 0 saturated carbocycles. The molecule has 5 rings (SSSR count). The van der Waals surface area contributed by atoms with Crippen molar-refractivity contribution >= 4 is 40.3 Å². The smallest absolute Gasteiger partial charge is 0.259 e. The molecule has 1 aliphatic rings. The second kappa shape index (κ2) is 11.8. The normalized spacial score (nSPS) is 13.4. The number of hydrogen-bond donors (Lipinski definition) is 4. The third kappa shape index (κ3) is 5.98. The van der Waals surface area contributed by atoms with Gasteiger partial charge in [-0.25, -0.2) is 0 Å². The van der Waals surface area contributed by atoms with Crippen LogP contribution in [0.1, 0.15) is 39.1 Å². The Labute approximate surface area is 232 Å². The quantitative estimate of drug-likeness (QED) is 0.261. The molecule has 9 heteroatoms. The van der Waals surface area contributed by atoms with E-state index in [1.807, 2.05) is 36.4 Å². The summed E-state index contributed by atoms with van der Waals surface area (Å²) in [5.41, 5.74) is 5.10. The lowest BCUT2D eigenvalue weighted by Gasteiger charge is -2.31. The first kappa shape index (κ1) is 26.5. The van der Waals surface area contributed by atoms with Crippen molar-refractivity contribution in [2.45, 2.75) is 18.9 Å². The van der Waals surface area contributed by atoms with Gasteiger partial charge in [0.25, 0.3) is 11.8 Å². The van der Waals surface area contributed by atoms with Gasteiger partial charge in [0, 0.05) is 60.8 Å². The lowest BCUT2D eigenvalue weighted by molar-refractivity contribution is 0.0991. The van der Waals surface area contributed by atoms with Crippen molar-refractivity contribution in [3.63, 3.8) is 0 Å². The monoisotopic (exact) mass is 534 g/mol. The number of nitriles is 1. The summed E-state index contributed by atoms with van der Waals surface area (Å²) in [6.45, 7) is 1.58. The van der Waals surface area contributed by atoms with Crippen molar-refractivity contribution in [1.82, 2.24) is 4.98 Å². The first-order valence-electron chi connectivity index (χ1n) is 13.1. The summed E-state index contributed by atoms with van der Waals surface area (Å²) in [4.78, 5) is 32.1. The Morgan fingerprint density at radius 1 is 0.975 bits per heavy atom.